The van der Waals surface area contributed by atoms with Crippen LogP contribution in [-0.4, -0.2) is 24.1 Å². The summed E-state index contributed by atoms with van der Waals surface area (Å²) in [6.07, 6.45) is 1.47. The maximum Gasteiger partial charge on any atom is 0.271 e. The zero-order chi connectivity index (χ0) is 17.8. The van der Waals surface area contributed by atoms with Crippen molar-refractivity contribution in [3.8, 4) is 0 Å². The van der Waals surface area contributed by atoms with E-state index in [0.717, 1.165) is 24.2 Å². The summed E-state index contributed by atoms with van der Waals surface area (Å²) in [5.74, 6) is -0.162. The Labute approximate surface area is 151 Å². The number of hydrazone groups is 1. The van der Waals surface area contributed by atoms with Gasteiger partial charge in [-0.1, -0.05) is 23.7 Å². The molecule has 6 heteroatoms. The second-order valence-electron chi connectivity index (χ2n) is 5.84. The Kier molecular flexibility index (Phi) is 5.14. The van der Waals surface area contributed by atoms with E-state index in [1.807, 2.05) is 31.2 Å². The van der Waals surface area contributed by atoms with Gasteiger partial charge in [-0.05, 0) is 55.3 Å². The van der Waals surface area contributed by atoms with Crippen molar-refractivity contribution >= 4 is 34.8 Å². The first-order valence-corrected chi connectivity index (χ1v) is 8.43. The van der Waals surface area contributed by atoms with Gasteiger partial charge in [-0.15, -0.1) is 0 Å². The molecule has 2 aromatic rings. The molecule has 128 valence electrons. The van der Waals surface area contributed by atoms with Gasteiger partial charge in [-0.3, -0.25) is 9.59 Å². The first kappa shape index (κ1) is 17.2. The smallest absolute Gasteiger partial charge is 0.271 e. The van der Waals surface area contributed by atoms with Crippen molar-refractivity contribution in [2.24, 2.45) is 5.10 Å². The molecule has 0 atom stereocenters. The van der Waals surface area contributed by atoms with Crippen LogP contribution in [0.25, 0.3) is 0 Å². The molecule has 0 unspecified atom stereocenters. The number of benzene rings is 2. The minimum atomic E-state index is -0.304. The molecule has 1 aliphatic heterocycles. The molecule has 0 aliphatic carbocycles. The van der Waals surface area contributed by atoms with Gasteiger partial charge < -0.3 is 4.90 Å². The van der Waals surface area contributed by atoms with E-state index in [4.69, 9.17) is 11.6 Å². The molecule has 0 aromatic heterocycles. The molecule has 0 bridgehead atoms. The summed E-state index contributed by atoms with van der Waals surface area (Å²) < 4.78 is 0. The highest BCUT2D eigenvalue weighted by Crippen LogP contribution is 2.22. The number of hydrogen-bond donors (Lipinski definition) is 1. The lowest BCUT2D eigenvalue weighted by molar-refractivity contribution is -0.117. The van der Waals surface area contributed by atoms with Gasteiger partial charge in [0.1, 0.15) is 0 Å². The van der Waals surface area contributed by atoms with Crippen LogP contribution in [0.2, 0.25) is 5.02 Å². The summed E-state index contributed by atoms with van der Waals surface area (Å²) >= 11 is 5.82. The normalized spacial score (nSPS) is 14.7. The number of nitrogens with one attached hydrogen (secondary N) is 1. The number of rotatable bonds is 4. The van der Waals surface area contributed by atoms with E-state index in [1.54, 1.807) is 29.2 Å². The third-order valence-electron chi connectivity index (χ3n) is 4.08. The molecular weight excluding hydrogens is 338 g/mol. The van der Waals surface area contributed by atoms with Gasteiger partial charge in [0.05, 0.1) is 5.71 Å². The molecule has 0 spiro atoms. The van der Waals surface area contributed by atoms with Gasteiger partial charge in [0.15, 0.2) is 0 Å². The molecule has 3 rings (SSSR count). The highest BCUT2D eigenvalue weighted by Gasteiger charge is 2.21. The minimum Gasteiger partial charge on any atom is -0.312 e. The molecule has 2 aromatic carbocycles. The predicted molar refractivity (Wildman–Crippen MR) is 99.2 cm³/mol. The number of carbonyl (C=O) groups excluding carboxylic acids is 2. The fourth-order valence-electron chi connectivity index (χ4n) is 2.68. The summed E-state index contributed by atoms with van der Waals surface area (Å²) in [6.45, 7) is 2.55. The van der Waals surface area contributed by atoms with E-state index in [1.165, 1.54) is 0 Å². The molecule has 1 saturated heterocycles. The van der Waals surface area contributed by atoms with Crippen LogP contribution in [0.3, 0.4) is 0 Å². The fraction of sp³-hybridized carbons (Fsp3) is 0.211. The van der Waals surface area contributed by atoms with Crippen molar-refractivity contribution in [3.63, 3.8) is 0 Å². The average molecular weight is 356 g/mol. The maximum absolute atomic E-state index is 12.1. The van der Waals surface area contributed by atoms with Crippen molar-refractivity contribution in [1.29, 1.82) is 0 Å². The van der Waals surface area contributed by atoms with Gasteiger partial charge in [0.2, 0.25) is 5.91 Å². The Bertz CT molecular complexity index is 831. The topological polar surface area (TPSA) is 61.8 Å². The first-order valence-electron chi connectivity index (χ1n) is 8.05. The Balaban J connectivity index is 1.72. The van der Waals surface area contributed by atoms with Gasteiger partial charge in [0.25, 0.3) is 5.91 Å². The van der Waals surface area contributed by atoms with Crippen molar-refractivity contribution in [2.45, 2.75) is 19.8 Å². The van der Waals surface area contributed by atoms with Crippen LogP contribution in [0.1, 0.15) is 35.7 Å². The summed E-state index contributed by atoms with van der Waals surface area (Å²) in [4.78, 5) is 25.8. The maximum atomic E-state index is 12.1. The van der Waals surface area contributed by atoms with Crippen LogP contribution in [0.5, 0.6) is 0 Å². The van der Waals surface area contributed by atoms with Crippen LogP contribution in [-0.2, 0) is 4.79 Å². The lowest BCUT2D eigenvalue weighted by Crippen LogP contribution is -2.24. The van der Waals surface area contributed by atoms with Crippen molar-refractivity contribution in [2.75, 3.05) is 11.4 Å². The molecule has 0 radical (unpaired) electrons. The van der Waals surface area contributed by atoms with E-state index >= 15 is 0 Å². The second kappa shape index (κ2) is 7.49. The van der Waals surface area contributed by atoms with Gasteiger partial charge in [0, 0.05) is 29.2 Å². The average Bonchev–Trinajstić information content (AvgIpc) is 3.06. The summed E-state index contributed by atoms with van der Waals surface area (Å²) in [6, 6.07) is 14.2. The number of halogens is 1. The second-order valence-corrected chi connectivity index (χ2v) is 6.28. The molecule has 25 heavy (non-hydrogen) atoms. The number of anilines is 1. The zero-order valence-electron chi connectivity index (χ0n) is 13.8. The summed E-state index contributed by atoms with van der Waals surface area (Å²) in [5, 5.41) is 4.73. The third-order valence-corrected chi connectivity index (χ3v) is 4.33. The molecule has 1 N–H and O–H groups in total. The predicted octanol–water partition coefficient (Wildman–Crippen LogP) is 3.62. The quantitative estimate of drug-likeness (QED) is 0.672. The van der Waals surface area contributed by atoms with Crippen LogP contribution in [0, 0.1) is 0 Å². The van der Waals surface area contributed by atoms with Gasteiger partial charge in [-0.2, -0.15) is 5.10 Å². The highest BCUT2D eigenvalue weighted by atomic mass is 35.5. The number of carbonyl (C=O) groups is 2. The fourth-order valence-corrected chi connectivity index (χ4v) is 2.81. The largest absolute Gasteiger partial charge is 0.312 e. The Morgan fingerprint density at radius 2 is 1.92 bits per heavy atom. The van der Waals surface area contributed by atoms with Crippen molar-refractivity contribution < 1.29 is 9.59 Å². The van der Waals surface area contributed by atoms with Gasteiger partial charge in [-0.25, -0.2) is 5.43 Å². The number of nitrogens with zero attached hydrogens (tertiary/aromatic N) is 2. The highest BCUT2D eigenvalue weighted by molar-refractivity contribution is 6.30. The molecule has 5 nitrogen and oxygen atoms in total. The lowest BCUT2D eigenvalue weighted by atomic mass is 10.1. The molecule has 2 amide bonds. The Hall–Kier alpha value is -2.66. The van der Waals surface area contributed by atoms with Crippen LogP contribution < -0.4 is 10.3 Å². The lowest BCUT2D eigenvalue weighted by Gasteiger charge is -2.16. The molecule has 1 aliphatic rings. The zero-order valence-corrected chi connectivity index (χ0v) is 14.6. The minimum absolute atomic E-state index is 0.141. The number of amides is 2. The molecule has 1 heterocycles. The Morgan fingerprint density at radius 1 is 1.16 bits per heavy atom. The van der Waals surface area contributed by atoms with Crippen molar-refractivity contribution in [3.05, 3.63) is 64.7 Å². The third kappa shape index (κ3) is 4.06. The van der Waals surface area contributed by atoms with E-state index in [0.29, 0.717) is 22.7 Å². The summed E-state index contributed by atoms with van der Waals surface area (Å²) in [5.41, 5.74) is 5.40. The summed E-state index contributed by atoms with van der Waals surface area (Å²) in [7, 11) is 0. The van der Waals surface area contributed by atoms with E-state index in [-0.39, 0.29) is 11.8 Å². The first-order chi connectivity index (χ1) is 12.0. The molecule has 1 fully saturated rings. The van der Waals surface area contributed by atoms with Crippen LogP contribution >= 0.6 is 11.6 Å². The van der Waals surface area contributed by atoms with E-state index in [2.05, 4.69) is 10.5 Å². The van der Waals surface area contributed by atoms with Crippen molar-refractivity contribution in [1.82, 2.24) is 5.43 Å². The molecular formula is C19H18ClN3O2. The standard InChI is InChI=1S/C19H18ClN3O2/c1-13(21-22-19(25)14-7-9-16(20)10-8-14)15-4-2-5-17(12-15)23-11-3-6-18(23)24/h2,4-5,7-10,12H,3,6,11H2,1H3,(H,22,25)/b21-13-. The van der Waals surface area contributed by atoms with Gasteiger partial charge >= 0.3 is 0 Å². The molecule has 0 saturated carbocycles. The van der Waals surface area contributed by atoms with Crippen LogP contribution in [0.4, 0.5) is 5.69 Å². The Morgan fingerprint density at radius 3 is 2.60 bits per heavy atom. The van der Waals surface area contributed by atoms with E-state index in [9.17, 15) is 9.59 Å². The SMILES string of the molecule is C/C(=N/NC(=O)c1ccc(Cl)cc1)c1cccc(N2CCCC2=O)c1. The van der Waals surface area contributed by atoms with E-state index < -0.39 is 0 Å². The number of hydrogen-bond acceptors (Lipinski definition) is 3. The monoisotopic (exact) mass is 355 g/mol. The van der Waals surface area contributed by atoms with Crippen LogP contribution in [0.15, 0.2) is 53.6 Å².